The summed E-state index contributed by atoms with van der Waals surface area (Å²) in [5.74, 6) is 1.38. The van der Waals surface area contributed by atoms with Gasteiger partial charge in [-0.3, -0.25) is 9.48 Å². The van der Waals surface area contributed by atoms with Crippen LogP contribution in [0.15, 0.2) is 48.5 Å². The second-order valence-electron chi connectivity index (χ2n) is 6.32. The van der Waals surface area contributed by atoms with E-state index >= 15 is 0 Å². The van der Waals surface area contributed by atoms with Gasteiger partial charge in [0, 0.05) is 11.1 Å². The molecule has 1 aliphatic heterocycles. The highest BCUT2D eigenvalue weighted by Gasteiger charge is 2.28. The average molecular weight is 368 g/mol. The van der Waals surface area contributed by atoms with Crippen molar-refractivity contribution >= 4 is 17.5 Å². The Morgan fingerprint density at radius 3 is 2.23 bits per heavy atom. The van der Waals surface area contributed by atoms with Crippen molar-refractivity contribution < 1.29 is 9.53 Å². The van der Waals surface area contributed by atoms with Crippen LogP contribution in [0.2, 0.25) is 5.02 Å². The maximum atomic E-state index is 12.7. The van der Waals surface area contributed by atoms with E-state index in [0.717, 1.165) is 34.0 Å². The molecule has 0 atom stereocenters. The van der Waals surface area contributed by atoms with E-state index in [1.165, 1.54) is 0 Å². The number of aromatic nitrogens is 2. The minimum atomic E-state index is -0.268. The lowest BCUT2D eigenvalue weighted by atomic mass is 9.94. The number of amides is 1. The molecule has 1 amide bonds. The standard InChI is InChI=1S/C20H18ClN3O2/c1-12-19(21)13(2)24(23-12)11-18(25)22-20-14-7-3-5-9-16(14)26-17-10-6-4-8-15(17)20/h3-10,20H,11H2,1-2H3,(H,22,25). The monoisotopic (exact) mass is 367 g/mol. The summed E-state index contributed by atoms with van der Waals surface area (Å²) >= 11 is 6.18. The number of ether oxygens (including phenoxy) is 1. The zero-order chi connectivity index (χ0) is 18.3. The summed E-state index contributed by atoms with van der Waals surface area (Å²) in [7, 11) is 0. The number of nitrogens with one attached hydrogen (secondary N) is 1. The van der Waals surface area contributed by atoms with Crippen molar-refractivity contribution in [1.82, 2.24) is 15.1 Å². The van der Waals surface area contributed by atoms with E-state index in [2.05, 4.69) is 10.4 Å². The van der Waals surface area contributed by atoms with Crippen molar-refractivity contribution in [3.63, 3.8) is 0 Å². The second kappa shape index (κ2) is 6.50. The second-order valence-corrected chi connectivity index (χ2v) is 6.70. The van der Waals surface area contributed by atoms with Gasteiger partial charge >= 0.3 is 0 Å². The van der Waals surface area contributed by atoms with Gasteiger partial charge in [0.15, 0.2) is 0 Å². The first-order valence-corrected chi connectivity index (χ1v) is 8.77. The summed E-state index contributed by atoms with van der Waals surface area (Å²) in [4.78, 5) is 12.7. The van der Waals surface area contributed by atoms with E-state index in [1.807, 2.05) is 62.4 Å². The van der Waals surface area contributed by atoms with E-state index < -0.39 is 0 Å². The van der Waals surface area contributed by atoms with Gasteiger partial charge in [-0.1, -0.05) is 48.0 Å². The Kier molecular flexibility index (Phi) is 4.17. The number of aryl methyl sites for hydroxylation is 1. The number of carbonyl (C=O) groups excluding carboxylic acids is 1. The molecule has 0 bridgehead atoms. The zero-order valence-corrected chi connectivity index (χ0v) is 15.2. The van der Waals surface area contributed by atoms with Crippen LogP contribution in [0.4, 0.5) is 0 Å². The number of nitrogens with zero attached hydrogens (tertiary/aromatic N) is 2. The number of rotatable bonds is 3. The van der Waals surface area contributed by atoms with Gasteiger partial charge in [-0.15, -0.1) is 0 Å². The molecular weight excluding hydrogens is 350 g/mol. The molecular formula is C20H18ClN3O2. The predicted octanol–water partition coefficient (Wildman–Crippen LogP) is 4.16. The number of hydrogen-bond donors (Lipinski definition) is 1. The maximum Gasteiger partial charge on any atom is 0.242 e. The third-order valence-corrected chi connectivity index (χ3v) is 5.12. The van der Waals surface area contributed by atoms with Gasteiger partial charge in [0.05, 0.1) is 22.5 Å². The minimum absolute atomic E-state index is 0.112. The highest BCUT2D eigenvalue weighted by atomic mass is 35.5. The smallest absolute Gasteiger partial charge is 0.242 e. The summed E-state index contributed by atoms with van der Waals surface area (Å²) in [6, 6.07) is 15.2. The van der Waals surface area contributed by atoms with Crippen LogP contribution in [0.3, 0.4) is 0 Å². The summed E-state index contributed by atoms with van der Waals surface area (Å²) in [6.07, 6.45) is 0. The molecule has 0 radical (unpaired) electrons. The molecule has 1 aromatic heterocycles. The topological polar surface area (TPSA) is 56.2 Å². The van der Waals surface area contributed by atoms with Gasteiger partial charge in [0.1, 0.15) is 18.0 Å². The minimum Gasteiger partial charge on any atom is -0.457 e. The molecule has 0 saturated carbocycles. The van der Waals surface area contributed by atoms with Crippen molar-refractivity contribution in [2.45, 2.75) is 26.4 Å². The predicted molar refractivity (Wildman–Crippen MR) is 99.7 cm³/mol. The molecule has 0 spiro atoms. The Hall–Kier alpha value is -2.79. The molecule has 132 valence electrons. The molecule has 6 heteroatoms. The third-order valence-electron chi connectivity index (χ3n) is 4.57. The zero-order valence-electron chi connectivity index (χ0n) is 14.5. The van der Waals surface area contributed by atoms with Crippen molar-refractivity contribution in [1.29, 1.82) is 0 Å². The van der Waals surface area contributed by atoms with Gasteiger partial charge in [-0.25, -0.2) is 0 Å². The fourth-order valence-corrected chi connectivity index (χ4v) is 3.37. The number of benzene rings is 2. The Morgan fingerprint density at radius 2 is 1.69 bits per heavy atom. The van der Waals surface area contributed by atoms with E-state index in [4.69, 9.17) is 16.3 Å². The molecule has 5 nitrogen and oxygen atoms in total. The van der Waals surface area contributed by atoms with Crippen LogP contribution in [-0.2, 0) is 11.3 Å². The lowest BCUT2D eigenvalue weighted by Gasteiger charge is -2.28. The largest absolute Gasteiger partial charge is 0.457 e. The van der Waals surface area contributed by atoms with Crippen LogP contribution in [0, 0.1) is 13.8 Å². The van der Waals surface area contributed by atoms with Crippen LogP contribution in [0.25, 0.3) is 0 Å². The Morgan fingerprint density at radius 1 is 1.12 bits per heavy atom. The van der Waals surface area contributed by atoms with Crippen LogP contribution in [-0.4, -0.2) is 15.7 Å². The molecule has 0 unspecified atom stereocenters. The molecule has 2 aromatic carbocycles. The lowest BCUT2D eigenvalue weighted by molar-refractivity contribution is -0.122. The van der Waals surface area contributed by atoms with Gasteiger partial charge in [0.25, 0.3) is 0 Å². The van der Waals surface area contributed by atoms with E-state index in [9.17, 15) is 4.79 Å². The third kappa shape index (κ3) is 2.84. The first-order valence-electron chi connectivity index (χ1n) is 8.39. The number of hydrogen-bond acceptors (Lipinski definition) is 3. The number of fused-ring (bicyclic) bond motifs is 2. The number of carbonyl (C=O) groups is 1. The molecule has 1 aliphatic rings. The first kappa shape index (κ1) is 16.7. The maximum absolute atomic E-state index is 12.7. The van der Waals surface area contributed by atoms with Crippen LogP contribution >= 0.6 is 11.6 Å². The molecule has 0 fully saturated rings. The van der Waals surface area contributed by atoms with E-state index in [-0.39, 0.29) is 18.5 Å². The van der Waals surface area contributed by atoms with Crippen molar-refractivity contribution in [2.75, 3.05) is 0 Å². The molecule has 2 heterocycles. The fraction of sp³-hybridized carbons (Fsp3) is 0.200. The average Bonchev–Trinajstić information content (AvgIpc) is 2.88. The highest BCUT2D eigenvalue weighted by Crippen LogP contribution is 2.42. The number of halogens is 1. The van der Waals surface area contributed by atoms with E-state index in [1.54, 1.807) is 4.68 Å². The molecule has 0 aliphatic carbocycles. The molecule has 4 rings (SSSR count). The summed E-state index contributed by atoms with van der Waals surface area (Å²) in [5, 5.41) is 8.04. The van der Waals surface area contributed by atoms with Gasteiger partial charge in [-0.2, -0.15) is 5.10 Å². The normalized spacial score (nSPS) is 12.9. The van der Waals surface area contributed by atoms with Crippen molar-refractivity contribution in [3.8, 4) is 11.5 Å². The molecule has 0 saturated heterocycles. The summed E-state index contributed by atoms with van der Waals surface area (Å²) in [6.45, 7) is 3.80. The fourth-order valence-electron chi connectivity index (χ4n) is 3.24. The summed E-state index contributed by atoms with van der Waals surface area (Å²) in [5.41, 5.74) is 3.38. The Labute approximate surface area is 156 Å². The van der Waals surface area contributed by atoms with Crippen LogP contribution in [0.1, 0.15) is 28.6 Å². The summed E-state index contributed by atoms with van der Waals surface area (Å²) < 4.78 is 7.59. The quantitative estimate of drug-likeness (QED) is 0.756. The lowest BCUT2D eigenvalue weighted by Crippen LogP contribution is -2.34. The van der Waals surface area contributed by atoms with E-state index in [0.29, 0.717) is 5.02 Å². The van der Waals surface area contributed by atoms with Crippen molar-refractivity contribution in [3.05, 3.63) is 76.1 Å². The molecule has 1 N–H and O–H groups in total. The van der Waals surface area contributed by atoms with Crippen LogP contribution in [0.5, 0.6) is 11.5 Å². The molecule has 26 heavy (non-hydrogen) atoms. The van der Waals surface area contributed by atoms with Gasteiger partial charge in [0.2, 0.25) is 5.91 Å². The first-order chi connectivity index (χ1) is 12.5. The number of para-hydroxylation sites is 2. The van der Waals surface area contributed by atoms with Crippen LogP contribution < -0.4 is 10.1 Å². The van der Waals surface area contributed by atoms with Crippen molar-refractivity contribution in [2.24, 2.45) is 0 Å². The highest BCUT2D eigenvalue weighted by molar-refractivity contribution is 6.31. The molecule has 3 aromatic rings. The van der Waals surface area contributed by atoms with Gasteiger partial charge < -0.3 is 10.1 Å². The Balaban J connectivity index is 1.63. The Bertz CT molecular complexity index is 951. The van der Waals surface area contributed by atoms with Gasteiger partial charge in [-0.05, 0) is 26.0 Å². The SMILES string of the molecule is Cc1nn(CC(=O)NC2c3ccccc3Oc3ccccc32)c(C)c1Cl.